The SMILES string of the molecule is CC1CC(C)CN(CC2COCCN2)C1. The summed E-state index contributed by atoms with van der Waals surface area (Å²) in [6.45, 7) is 11.2. The topological polar surface area (TPSA) is 24.5 Å². The Balaban J connectivity index is 1.77. The number of morpholine rings is 1. The lowest BCUT2D eigenvalue weighted by molar-refractivity contribution is 0.0484. The van der Waals surface area contributed by atoms with Crippen molar-refractivity contribution in [1.82, 2.24) is 10.2 Å². The lowest BCUT2D eigenvalue weighted by Gasteiger charge is -2.38. The molecule has 0 aliphatic carbocycles. The number of ether oxygens (including phenoxy) is 1. The third-order valence-corrected chi connectivity index (χ3v) is 3.42. The van der Waals surface area contributed by atoms with E-state index in [0.717, 1.165) is 38.1 Å². The summed E-state index contributed by atoms with van der Waals surface area (Å²) >= 11 is 0. The van der Waals surface area contributed by atoms with Gasteiger partial charge in [-0.3, -0.25) is 0 Å². The number of likely N-dealkylation sites (tertiary alicyclic amines) is 1. The van der Waals surface area contributed by atoms with Gasteiger partial charge in [-0.1, -0.05) is 13.8 Å². The van der Waals surface area contributed by atoms with E-state index in [1.165, 1.54) is 19.5 Å². The molecule has 0 saturated carbocycles. The normalized spacial score (nSPS) is 39.2. The minimum atomic E-state index is 0.552. The molecule has 2 heterocycles. The molecule has 3 unspecified atom stereocenters. The molecule has 0 amide bonds. The van der Waals surface area contributed by atoms with Crippen molar-refractivity contribution in [3.8, 4) is 0 Å². The summed E-state index contributed by atoms with van der Waals surface area (Å²) in [7, 11) is 0. The van der Waals surface area contributed by atoms with Crippen LogP contribution >= 0.6 is 0 Å². The van der Waals surface area contributed by atoms with Crippen LogP contribution in [0.2, 0.25) is 0 Å². The second-order valence-corrected chi connectivity index (χ2v) is 5.39. The van der Waals surface area contributed by atoms with Crippen molar-refractivity contribution in [2.24, 2.45) is 11.8 Å². The van der Waals surface area contributed by atoms with Gasteiger partial charge in [0.05, 0.1) is 13.2 Å². The fourth-order valence-corrected chi connectivity index (χ4v) is 2.99. The van der Waals surface area contributed by atoms with E-state index in [4.69, 9.17) is 4.74 Å². The molecule has 0 spiro atoms. The van der Waals surface area contributed by atoms with Crippen LogP contribution < -0.4 is 5.32 Å². The van der Waals surface area contributed by atoms with E-state index in [1.54, 1.807) is 0 Å². The first kappa shape index (κ1) is 11.4. The number of nitrogens with zero attached hydrogens (tertiary/aromatic N) is 1. The molecular weight excluding hydrogens is 188 g/mol. The molecule has 2 aliphatic rings. The Morgan fingerprint density at radius 3 is 2.60 bits per heavy atom. The summed E-state index contributed by atoms with van der Waals surface area (Å²) in [5.74, 6) is 1.72. The number of hydrogen-bond acceptors (Lipinski definition) is 3. The highest BCUT2D eigenvalue weighted by Crippen LogP contribution is 2.20. The third kappa shape index (κ3) is 3.44. The fourth-order valence-electron chi connectivity index (χ4n) is 2.99. The number of rotatable bonds is 2. The van der Waals surface area contributed by atoms with Crippen molar-refractivity contribution >= 4 is 0 Å². The van der Waals surface area contributed by atoms with Gasteiger partial charge in [0.1, 0.15) is 0 Å². The summed E-state index contributed by atoms with van der Waals surface area (Å²) in [6, 6.07) is 0.552. The Hall–Kier alpha value is -0.120. The van der Waals surface area contributed by atoms with Crippen molar-refractivity contribution in [2.45, 2.75) is 26.3 Å². The molecule has 3 nitrogen and oxygen atoms in total. The molecule has 1 N–H and O–H groups in total. The van der Waals surface area contributed by atoms with Gasteiger partial charge in [0.15, 0.2) is 0 Å². The second kappa shape index (κ2) is 5.28. The van der Waals surface area contributed by atoms with Crippen LogP contribution in [0, 0.1) is 11.8 Å². The lowest BCUT2D eigenvalue weighted by atomic mass is 9.91. The minimum absolute atomic E-state index is 0.552. The van der Waals surface area contributed by atoms with E-state index < -0.39 is 0 Å². The van der Waals surface area contributed by atoms with Gasteiger partial charge >= 0.3 is 0 Å². The molecule has 15 heavy (non-hydrogen) atoms. The molecule has 2 aliphatic heterocycles. The average molecular weight is 212 g/mol. The van der Waals surface area contributed by atoms with Crippen LogP contribution in [0.1, 0.15) is 20.3 Å². The Morgan fingerprint density at radius 2 is 2.00 bits per heavy atom. The van der Waals surface area contributed by atoms with Crippen LogP contribution in [0.3, 0.4) is 0 Å². The van der Waals surface area contributed by atoms with E-state index in [1.807, 2.05) is 0 Å². The summed E-state index contributed by atoms with van der Waals surface area (Å²) in [5.41, 5.74) is 0. The van der Waals surface area contributed by atoms with Crippen LogP contribution in [0.5, 0.6) is 0 Å². The number of hydrogen-bond donors (Lipinski definition) is 1. The maximum atomic E-state index is 5.49. The molecule has 3 heteroatoms. The molecule has 0 aromatic heterocycles. The van der Waals surface area contributed by atoms with Gasteiger partial charge in [-0.2, -0.15) is 0 Å². The molecule has 88 valence electrons. The van der Waals surface area contributed by atoms with Gasteiger partial charge in [0.2, 0.25) is 0 Å². The van der Waals surface area contributed by atoms with Crippen molar-refractivity contribution in [3.63, 3.8) is 0 Å². The first-order valence-corrected chi connectivity index (χ1v) is 6.27. The van der Waals surface area contributed by atoms with Crippen molar-refractivity contribution in [3.05, 3.63) is 0 Å². The quantitative estimate of drug-likeness (QED) is 0.737. The second-order valence-electron chi connectivity index (χ2n) is 5.39. The number of piperidine rings is 1. The van der Waals surface area contributed by atoms with Crippen LogP contribution in [-0.2, 0) is 4.74 Å². The van der Waals surface area contributed by atoms with Crippen molar-refractivity contribution in [1.29, 1.82) is 0 Å². The highest BCUT2D eigenvalue weighted by atomic mass is 16.5. The van der Waals surface area contributed by atoms with Crippen LogP contribution in [0.25, 0.3) is 0 Å². The molecule has 0 radical (unpaired) electrons. The van der Waals surface area contributed by atoms with E-state index in [9.17, 15) is 0 Å². The lowest BCUT2D eigenvalue weighted by Crippen LogP contribution is -2.51. The van der Waals surface area contributed by atoms with Crippen LogP contribution in [-0.4, -0.2) is 50.3 Å². The smallest absolute Gasteiger partial charge is 0.0632 e. The fraction of sp³-hybridized carbons (Fsp3) is 1.00. The molecular formula is C12H24N2O. The van der Waals surface area contributed by atoms with Crippen molar-refractivity contribution < 1.29 is 4.74 Å². The van der Waals surface area contributed by atoms with E-state index in [0.29, 0.717) is 6.04 Å². The average Bonchev–Trinajstić information content (AvgIpc) is 2.17. The standard InChI is InChI=1S/C12H24N2O/c1-10-5-11(2)7-14(6-10)8-12-9-15-4-3-13-12/h10-13H,3-9H2,1-2H3. The van der Waals surface area contributed by atoms with Gasteiger partial charge in [-0.05, 0) is 18.3 Å². The molecule has 2 fully saturated rings. The van der Waals surface area contributed by atoms with Gasteiger partial charge < -0.3 is 15.0 Å². The largest absolute Gasteiger partial charge is 0.378 e. The highest BCUT2D eigenvalue weighted by Gasteiger charge is 2.24. The summed E-state index contributed by atoms with van der Waals surface area (Å²) < 4.78 is 5.49. The molecule has 3 atom stereocenters. The van der Waals surface area contributed by atoms with Crippen molar-refractivity contribution in [2.75, 3.05) is 39.4 Å². The molecule has 0 aromatic rings. The zero-order chi connectivity index (χ0) is 10.7. The first-order chi connectivity index (χ1) is 7.24. The summed E-state index contributed by atoms with van der Waals surface area (Å²) in [5, 5.41) is 3.53. The maximum Gasteiger partial charge on any atom is 0.0632 e. The van der Waals surface area contributed by atoms with Crippen LogP contribution in [0.4, 0.5) is 0 Å². The molecule has 2 saturated heterocycles. The Kier molecular flexibility index (Phi) is 4.00. The van der Waals surface area contributed by atoms with Gasteiger partial charge in [-0.15, -0.1) is 0 Å². The predicted octanol–water partition coefficient (Wildman–Crippen LogP) is 0.953. The molecule has 2 rings (SSSR count). The van der Waals surface area contributed by atoms with Crippen LogP contribution in [0.15, 0.2) is 0 Å². The van der Waals surface area contributed by atoms with Gasteiger partial charge in [0, 0.05) is 32.2 Å². The minimum Gasteiger partial charge on any atom is -0.378 e. The monoisotopic (exact) mass is 212 g/mol. The zero-order valence-corrected chi connectivity index (χ0v) is 10.0. The summed E-state index contributed by atoms with van der Waals surface area (Å²) in [4.78, 5) is 2.60. The molecule has 0 bridgehead atoms. The predicted molar refractivity (Wildman–Crippen MR) is 62.0 cm³/mol. The number of nitrogens with one attached hydrogen (secondary N) is 1. The molecule has 0 aromatic carbocycles. The van der Waals surface area contributed by atoms with Gasteiger partial charge in [-0.25, -0.2) is 0 Å². The van der Waals surface area contributed by atoms with E-state index >= 15 is 0 Å². The first-order valence-electron chi connectivity index (χ1n) is 6.27. The highest BCUT2D eigenvalue weighted by molar-refractivity contribution is 4.80. The van der Waals surface area contributed by atoms with Gasteiger partial charge in [0.25, 0.3) is 0 Å². The zero-order valence-electron chi connectivity index (χ0n) is 10.0. The maximum absolute atomic E-state index is 5.49. The van der Waals surface area contributed by atoms with E-state index in [2.05, 4.69) is 24.1 Å². The Bertz CT molecular complexity index is 182. The van der Waals surface area contributed by atoms with E-state index in [-0.39, 0.29) is 0 Å². The third-order valence-electron chi connectivity index (χ3n) is 3.42. The summed E-state index contributed by atoms with van der Waals surface area (Å²) in [6.07, 6.45) is 1.39. The Labute approximate surface area is 93.2 Å². The Morgan fingerprint density at radius 1 is 1.27 bits per heavy atom.